The monoisotopic (exact) mass is 905 g/mol. The normalized spacial score (nSPS) is 11.8. The summed E-state index contributed by atoms with van der Waals surface area (Å²) in [5.41, 5.74) is 11.8. The predicted octanol–water partition coefficient (Wildman–Crippen LogP) is 12.9. The molecule has 10 rings (SSSR count). The van der Waals surface area contributed by atoms with Crippen molar-refractivity contribution in [1.29, 1.82) is 0 Å². The van der Waals surface area contributed by atoms with E-state index in [4.69, 9.17) is 14.4 Å². The van der Waals surface area contributed by atoms with Crippen LogP contribution in [0, 0.1) is 6.07 Å². The fraction of sp³-hybridized carbons (Fsp3) is 0.0800. The molecule has 56 heavy (non-hydrogen) atoms. The Labute approximate surface area is 339 Å². The van der Waals surface area contributed by atoms with Crippen LogP contribution in [0.3, 0.4) is 0 Å². The van der Waals surface area contributed by atoms with E-state index in [9.17, 15) is 5.11 Å². The van der Waals surface area contributed by atoms with Crippen molar-refractivity contribution in [3.05, 3.63) is 169 Å². The van der Waals surface area contributed by atoms with E-state index in [1.165, 1.54) is 10.9 Å². The molecule has 0 saturated carbocycles. The van der Waals surface area contributed by atoms with E-state index in [1.54, 1.807) is 6.07 Å². The number of nitrogens with zero attached hydrogens (tertiary/aromatic N) is 3. The van der Waals surface area contributed by atoms with Crippen molar-refractivity contribution in [1.82, 2.24) is 14.5 Å². The molecule has 0 fully saturated rings. The minimum absolute atomic E-state index is 0. The van der Waals surface area contributed by atoms with Crippen LogP contribution in [0.4, 0.5) is 0 Å². The van der Waals surface area contributed by atoms with Gasteiger partial charge in [-0.1, -0.05) is 117 Å². The molecule has 0 aliphatic carbocycles. The van der Waals surface area contributed by atoms with Crippen molar-refractivity contribution in [2.75, 3.05) is 0 Å². The number of furan rings is 1. The number of pyridine rings is 1. The number of aromatic nitrogens is 3. The van der Waals surface area contributed by atoms with Crippen LogP contribution < -0.4 is 0 Å². The zero-order valence-corrected chi connectivity index (χ0v) is 33.3. The molecule has 0 unspecified atom stereocenters. The van der Waals surface area contributed by atoms with Gasteiger partial charge >= 0.3 is 0 Å². The second-order valence-corrected chi connectivity index (χ2v) is 15.2. The van der Waals surface area contributed by atoms with Gasteiger partial charge in [0.2, 0.25) is 0 Å². The van der Waals surface area contributed by atoms with E-state index in [0.29, 0.717) is 11.4 Å². The maximum Gasteiger partial charge on any atom is 0.148 e. The molecule has 5 nitrogen and oxygen atoms in total. The summed E-state index contributed by atoms with van der Waals surface area (Å²) >= 11 is 0. The zero-order chi connectivity index (χ0) is 37.3. The fourth-order valence-corrected chi connectivity index (χ4v) is 7.73. The van der Waals surface area contributed by atoms with Gasteiger partial charge in [0.1, 0.15) is 22.7 Å². The molecule has 10 aromatic rings. The van der Waals surface area contributed by atoms with Crippen LogP contribution in [0.5, 0.6) is 5.75 Å². The van der Waals surface area contributed by atoms with Gasteiger partial charge in [-0.3, -0.25) is 9.55 Å². The maximum absolute atomic E-state index is 11.2. The van der Waals surface area contributed by atoms with Gasteiger partial charge in [-0.05, 0) is 75.8 Å². The molecule has 0 aliphatic rings. The SMILES string of the molecule is CC(C)(C)c1ccc(-n2c(-c3ccccc3O)nc3c(-c4[c-]c(-c5cc6oc7cc8ccccc8cc7c6cn5)ccc4)cccc32)c(-c2ccccc2)c1.[Pt]. The first kappa shape index (κ1) is 35.4. The van der Waals surface area contributed by atoms with Crippen molar-refractivity contribution in [2.45, 2.75) is 26.2 Å². The van der Waals surface area contributed by atoms with Crippen LogP contribution in [0.15, 0.2) is 162 Å². The van der Waals surface area contributed by atoms with Crippen LogP contribution in [-0.4, -0.2) is 19.6 Å². The summed E-state index contributed by atoms with van der Waals surface area (Å²) in [7, 11) is 0. The molecule has 3 aromatic heterocycles. The first-order valence-corrected chi connectivity index (χ1v) is 18.5. The standard InChI is InChI=1S/C50H36N3O2.Pt/c1-50(2,3)36-23-24-43(39(28-36)31-13-5-4-6-14-31)53-44-21-12-20-37(48(44)52-49(53)38-19-9-10-22-45(38)54)34-17-11-18-35(25-34)42-29-47-41(30-51-42)40-26-32-15-7-8-16-33(32)27-46(40)55-47;/h4-24,26-30,54H,1-3H3;/q-1;. The van der Waals surface area contributed by atoms with E-state index in [2.05, 4.69) is 128 Å². The average molecular weight is 906 g/mol. The number of fused-ring (bicyclic) bond motifs is 5. The third kappa shape index (κ3) is 6.00. The summed E-state index contributed by atoms with van der Waals surface area (Å²) in [6.07, 6.45) is 1.90. The smallest absolute Gasteiger partial charge is 0.148 e. The molecular weight excluding hydrogens is 870 g/mol. The summed E-state index contributed by atoms with van der Waals surface area (Å²) in [5.74, 6) is 0.823. The van der Waals surface area contributed by atoms with Gasteiger partial charge in [0, 0.05) is 49.3 Å². The van der Waals surface area contributed by atoms with Crippen LogP contribution in [0.2, 0.25) is 0 Å². The number of para-hydroxylation sites is 2. The molecule has 0 radical (unpaired) electrons. The predicted molar refractivity (Wildman–Crippen MR) is 225 cm³/mol. The Balaban J connectivity index is 0.00000410. The molecule has 274 valence electrons. The van der Waals surface area contributed by atoms with E-state index >= 15 is 0 Å². The van der Waals surface area contributed by atoms with Gasteiger partial charge in [0.15, 0.2) is 0 Å². The zero-order valence-electron chi connectivity index (χ0n) is 31.0. The summed E-state index contributed by atoms with van der Waals surface area (Å²) in [6, 6.07) is 55.3. The number of imidazole rings is 1. The van der Waals surface area contributed by atoms with Crippen molar-refractivity contribution in [3.63, 3.8) is 0 Å². The Morgan fingerprint density at radius 3 is 2.12 bits per heavy atom. The van der Waals surface area contributed by atoms with E-state index < -0.39 is 0 Å². The van der Waals surface area contributed by atoms with Gasteiger partial charge in [0.25, 0.3) is 0 Å². The average Bonchev–Trinajstić information content (AvgIpc) is 3.77. The van der Waals surface area contributed by atoms with Crippen molar-refractivity contribution >= 4 is 43.7 Å². The quantitative estimate of drug-likeness (QED) is 0.175. The second kappa shape index (κ2) is 13.8. The topological polar surface area (TPSA) is 64.1 Å². The minimum Gasteiger partial charge on any atom is -0.507 e. The summed E-state index contributed by atoms with van der Waals surface area (Å²) in [4.78, 5) is 10.3. The number of aromatic hydroxyl groups is 1. The fourth-order valence-electron chi connectivity index (χ4n) is 7.73. The van der Waals surface area contributed by atoms with Crippen molar-refractivity contribution in [2.24, 2.45) is 0 Å². The number of phenolic OH excluding ortho intramolecular Hbond substituents is 1. The number of benzene rings is 7. The molecule has 7 aromatic carbocycles. The molecule has 1 N–H and O–H groups in total. The van der Waals surface area contributed by atoms with Gasteiger partial charge in [-0.2, -0.15) is 0 Å². The Morgan fingerprint density at radius 2 is 1.32 bits per heavy atom. The molecule has 0 spiro atoms. The van der Waals surface area contributed by atoms with Crippen LogP contribution in [0.1, 0.15) is 26.3 Å². The van der Waals surface area contributed by atoms with Gasteiger partial charge < -0.3 is 9.52 Å². The summed E-state index contributed by atoms with van der Waals surface area (Å²) < 4.78 is 8.57. The molecule has 0 aliphatic heterocycles. The molecule has 6 heteroatoms. The largest absolute Gasteiger partial charge is 0.507 e. The third-order valence-corrected chi connectivity index (χ3v) is 10.6. The van der Waals surface area contributed by atoms with E-state index in [1.807, 2.05) is 54.7 Å². The molecule has 0 saturated heterocycles. The van der Waals surface area contributed by atoms with Crippen LogP contribution >= 0.6 is 0 Å². The Hall–Kier alpha value is -6.29. The summed E-state index contributed by atoms with van der Waals surface area (Å²) in [5, 5.41) is 15.6. The van der Waals surface area contributed by atoms with Gasteiger partial charge in [-0.15, -0.1) is 29.8 Å². The third-order valence-electron chi connectivity index (χ3n) is 10.6. The Kier molecular flexibility index (Phi) is 8.71. The maximum atomic E-state index is 11.2. The number of rotatable bonds is 5. The molecule has 0 atom stereocenters. The van der Waals surface area contributed by atoms with E-state index in [0.717, 1.165) is 77.6 Å². The first-order chi connectivity index (χ1) is 26.8. The van der Waals surface area contributed by atoms with Crippen molar-refractivity contribution in [3.8, 4) is 56.3 Å². The van der Waals surface area contributed by atoms with Crippen LogP contribution in [0.25, 0.3) is 94.3 Å². The molecular formula is C50H36N3O2Pt-. The van der Waals surface area contributed by atoms with Gasteiger partial charge in [0.05, 0.1) is 22.3 Å². The Morgan fingerprint density at radius 1 is 0.625 bits per heavy atom. The first-order valence-electron chi connectivity index (χ1n) is 18.5. The van der Waals surface area contributed by atoms with E-state index in [-0.39, 0.29) is 32.2 Å². The minimum atomic E-state index is -0.0495. The molecule has 0 bridgehead atoms. The molecule has 0 amide bonds. The van der Waals surface area contributed by atoms with Crippen LogP contribution in [-0.2, 0) is 26.5 Å². The van der Waals surface area contributed by atoms with Crippen molar-refractivity contribution < 1.29 is 30.6 Å². The number of hydrogen-bond donors (Lipinski definition) is 1. The summed E-state index contributed by atoms with van der Waals surface area (Å²) in [6.45, 7) is 6.71. The second-order valence-electron chi connectivity index (χ2n) is 15.2. The number of phenols is 1. The molecule has 3 heterocycles. The number of hydrogen-bond acceptors (Lipinski definition) is 4. The Bertz CT molecular complexity index is 3100. The van der Waals surface area contributed by atoms with Gasteiger partial charge in [-0.25, -0.2) is 4.98 Å².